The van der Waals surface area contributed by atoms with Crippen molar-refractivity contribution in [2.24, 2.45) is 10.4 Å². The van der Waals surface area contributed by atoms with Gasteiger partial charge in [0, 0.05) is 64.9 Å². The van der Waals surface area contributed by atoms with E-state index in [1.807, 2.05) is 6.92 Å². The lowest BCUT2D eigenvalue weighted by Gasteiger charge is -2.33. The van der Waals surface area contributed by atoms with E-state index in [1.54, 1.807) is 67.4 Å². The summed E-state index contributed by atoms with van der Waals surface area (Å²) in [5.74, 6) is -0.273. The number of nitrogens with one attached hydrogen (secondary N) is 2. The lowest BCUT2D eigenvalue weighted by Crippen LogP contribution is -2.44. The normalized spacial score (nSPS) is 15.7. The highest BCUT2D eigenvalue weighted by Gasteiger charge is 2.60. The molecule has 0 saturated carbocycles. The number of benzene rings is 5. The highest BCUT2D eigenvalue weighted by molar-refractivity contribution is 8.24. The number of alkyl halides is 3. The Balaban J connectivity index is 1.39. The van der Waals surface area contributed by atoms with Crippen LogP contribution in [0.15, 0.2) is 109 Å². The van der Waals surface area contributed by atoms with Crippen LogP contribution in [0.4, 0.5) is 30.2 Å². The number of nitrogens with zero attached hydrogens (tertiary/aromatic N) is 2. The minimum Gasteiger partial charge on any atom is -0.462 e. The van der Waals surface area contributed by atoms with E-state index in [1.165, 1.54) is 55.4 Å². The number of esters is 1. The number of hydrogen-bond acceptors (Lipinski definition) is 17. The fraction of sp³-hybridized carbons (Fsp3) is 0.360. The van der Waals surface area contributed by atoms with Gasteiger partial charge in [0.1, 0.15) is 17.4 Å². The molecule has 0 bridgehead atoms. The molecule has 1 fully saturated rings. The van der Waals surface area contributed by atoms with Crippen molar-refractivity contribution >= 4 is 93.6 Å². The van der Waals surface area contributed by atoms with E-state index in [0.29, 0.717) is 46.1 Å². The molecule has 4 aromatic rings. The number of hydrogen-bond donors (Lipinski definition) is 2. The molecule has 1 aliphatic carbocycles. The third-order valence-corrected chi connectivity index (χ3v) is 26.7. The molecule has 3 aliphatic rings. The first kappa shape index (κ1) is 59.9. The largest absolute Gasteiger partial charge is 0.499 e. The topological polar surface area (TPSA) is 284 Å². The van der Waals surface area contributed by atoms with Crippen LogP contribution < -0.4 is 14.8 Å². The highest BCUT2D eigenvalue weighted by Crippen LogP contribution is 2.45. The molecule has 1 unspecified atom stereocenters. The Hall–Kier alpha value is -5.75. The summed E-state index contributed by atoms with van der Waals surface area (Å²) >= 11 is 0. The van der Waals surface area contributed by atoms with Crippen LogP contribution >= 0.6 is 0 Å². The molecule has 19 nitrogen and oxygen atoms in total. The van der Waals surface area contributed by atoms with Gasteiger partial charge < -0.3 is 14.5 Å². The fourth-order valence-corrected chi connectivity index (χ4v) is 20.8. The Bertz CT molecular complexity index is 4150. The summed E-state index contributed by atoms with van der Waals surface area (Å²) in [6.45, 7) is 11.3. The number of fused-ring (bicyclic) bond motifs is 2. The van der Waals surface area contributed by atoms with Gasteiger partial charge in [0.25, 0.3) is 23.8 Å². The van der Waals surface area contributed by atoms with Gasteiger partial charge in [0.05, 0.1) is 37.4 Å². The van der Waals surface area contributed by atoms with Gasteiger partial charge >= 0.3 is 11.5 Å². The minimum absolute atomic E-state index is 0.0159. The zero-order chi connectivity index (χ0) is 58.1. The summed E-state index contributed by atoms with van der Waals surface area (Å²) < 4.78 is 209. The number of carbonyl (C=O) groups excluding carboxylic acids is 1. The number of ether oxygens (including phenoxy) is 1. The summed E-state index contributed by atoms with van der Waals surface area (Å²) in [5.41, 5.74) is -4.44. The van der Waals surface area contributed by atoms with Crippen LogP contribution in [0.5, 0.6) is 0 Å². The van der Waals surface area contributed by atoms with Gasteiger partial charge in [-0.15, -0.1) is 4.13 Å². The van der Waals surface area contributed by atoms with Crippen molar-refractivity contribution < 1.29 is 77.6 Å². The van der Waals surface area contributed by atoms with E-state index in [2.05, 4.69) is 10.3 Å². The fourth-order valence-electron chi connectivity index (χ4n) is 8.93. The molecule has 2 heterocycles. The van der Waals surface area contributed by atoms with E-state index in [4.69, 9.17) is 9.15 Å². The number of sulfonamides is 3. The molecule has 4 aromatic carbocycles. The van der Waals surface area contributed by atoms with Gasteiger partial charge in [0.15, 0.2) is 9.84 Å². The second-order valence-electron chi connectivity index (χ2n) is 19.6. The van der Waals surface area contributed by atoms with Crippen molar-refractivity contribution in [3.63, 3.8) is 0 Å². The number of rotatable bonds is 16. The number of carbonyl (C=O) groups is 1. The van der Waals surface area contributed by atoms with Crippen LogP contribution in [0.2, 0.25) is 0 Å². The van der Waals surface area contributed by atoms with Gasteiger partial charge in [-0.25, -0.2) is 55.5 Å². The average Bonchev–Trinajstić information content (AvgIpc) is 3.47. The summed E-state index contributed by atoms with van der Waals surface area (Å²) in [7, 11) is -31.1. The van der Waals surface area contributed by atoms with Crippen molar-refractivity contribution in [3.8, 4) is 22.5 Å². The van der Waals surface area contributed by atoms with Crippen LogP contribution in [0, 0.1) is 33.1 Å². The third kappa shape index (κ3) is 11.9. The van der Waals surface area contributed by atoms with E-state index in [-0.39, 0.29) is 92.6 Å². The van der Waals surface area contributed by atoms with Gasteiger partial charge in [-0.05, 0) is 132 Å². The van der Waals surface area contributed by atoms with Crippen LogP contribution in [0.25, 0.3) is 33.4 Å². The molecule has 1 saturated heterocycles. The quantitative estimate of drug-likeness (QED) is 0.0690. The molecular formula is C50H55F3N4O15S6. The average molecular weight is 1200 g/mol. The summed E-state index contributed by atoms with van der Waals surface area (Å²) in [5, 5.41) is 3.74. The van der Waals surface area contributed by atoms with Crippen molar-refractivity contribution in [2.75, 3.05) is 30.9 Å². The van der Waals surface area contributed by atoms with E-state index in [9.17, 15) is 68.5 Å². The molecule has 2 aliphatic heterocycles. The molecular weight excluding hydrogens is 1150 g/mol. The molecule has 78 heavy (non-hydrogen) atoms. The van der Waals surface area contributed by atoms with E-state index >= 15 is 0 Å². The van der Waals surface area contributed by atoms with E-state index in [0.717, 1.165) is 12.1 Å². The molecule has 0 radical (unpaired) electrons. The second-order valence-corrected chi connectivity index (χ2v) is 32.3. The summed E-state index contributed by atoms with van der Waals surface area (Å²) in [4.78, 5) is 16.1. The monoisotopic (exact) mass is 1200 g/mol. The zero-order valence-corrected chi connectivity index (χ0v) is 48.3. The molecule has 0 amide bonds. The highest BCUT2D eigenvalue weighted by atomic mass is 32.3. The first-order valence-electron chi connectivity index (χ1n) is 23.6. The first-order valence-corrected chi connectivity index (χ1v) is 33.5. The number of sulfone groups is 3. The summed E-state index contributed by atoms with van der Waals surface area (Å²) in [6.07, 6.45) is 1.28. The van der Waals surface area contributed by atoms with Gasteiger partial charge in [-0.3, -0.25) is 4.79 Å². The number of aryl methyl sites for hydroxylation is 3. The molecule has 0 spiro atoms. The van der Waals surface area contributed by atoms with Crippen LogP contribution in [0.1, 0.15) is 62.3 Å². The maximum absolute atomic E-state index is 14.8. The van der Waals surface area contributed by atoms with Crippen molar-refractivity contribution in [3.05, 3.63) is 113 Å². The Morgan fingerprint density at radius 3 is 1.96 bits per heavy atom. The molecule has 0 aromatic heterocycles. The summed E-state index contributed by atoms with van der Waals surface area (Å²) in [6, 6.07) is 20.1. The van der Waals surface area contributed by atoms with Crippen molar-refractivity contribution in [1.82, 2.24) is 8.43 Å². The Labute approximate surface area is 451 Å². The number of halogens is 3. The van der Waals surface area contributed by atoms with Crippen molar-refractivity contribution in [1.29, 1.82) is 0 Å². The zero-order valence-electron chi connectivity index (χ0n) is 43.4. The van der Waals surface area contributed by atoms with Crippen molar-refractivity contribution in [2.45, 2.75) is 97.9 Å². The number of anilines is 2. The Morgan fingerprint density at radius 1 is 0.769 bits per heavy atom. The molecule has 7 rings (SSSR count). The first-order chi connectivity index (χ1) is 35.8. The minimum atomic E-state index is -6.82. The van der Waals surface area contributed by atoms with Gasteiger partial charge in [0.2, 0.25) is 29.9 Å². The predicted octanol–water partition coefficient (Wildman–Crippen LogP) is 7.82. The maximum Gasteiger partial charge on any atom is 0.499 e. The second kappa shape index (κ2) is 21.0. The Kier molecular flexibility index (Phi) is 16.2. The van der Waals surface area contributed by atoms with Gasteiger partial charge in [-0.2, -0.15) is 17.5 Å². The SMILES string of the molecule is CCC(C)(C)C(=O)OC1CCN(S(=O)(=O)c2ccccc2-c2c3ccc(=Nc4c(C)cc(S(=O)(=O)C(S(C)(=O)=O)S(=O)(=O)C(F)(F)F)cc4C)cc-3oc3cc(Nc4c(C)ccc(S(=O)(=O)NS(C)(=O)=O)c4C)ccc23)CC1. The molecule has 1 atom stereocenters. The smallest absolute Gasteiger partial charge is 0.462 e. The lowest BCUT2D eigenvalue weighted by molar-refractivity contribution is -0.161. The number of piperidine rings is 1. The predicted molar refractivity (Wildman–Crippen MR) is 287 cm³/mol. The standard InChI is InChI=1S/C50H55F3N4O15S6/c1-10-49(6,7)47(58)71-35-21-23-57(24-22-35)78(69,70)43-14-12-11-13-39(43)44-37-18-16-33(54-45-30(3)25-36(26-31(45)4)75(63,64)48(73(8,59)60)76(65,66)50(51,52)53)27-40(37)72-41-28-34(17-19-38(41)44)55-46-29(2)15-20-42(32(46)5)77(67,68)56-74(9,61)62/h11-20,25-28,35,48,55-56H,10,21-24H2,1-9H3. The van der Waals surface area contributed by atoms with Crippen LogP contribution in [-0.4, -0.2) is 102 Å². The maximum atomic E-state index is 14.8. The molecule has 28 heteroatoms. The third-order valence-electron chi connectivity index (χ3n) is 13.2. The Morgan fingerprint density at radius 2 is 1.38 bits per heavy atom. The van der Waals surface area contributed by atoms with Crippen LogP contribution in [-0.2, 0) is 69.1 Å². The van der Waals surface area contributed by atoms with E-state index < -0.39 is 85.4 Å². The van der Waals surface area contributed by atoms with Crippen LogP contribution in [0.3, 0.4) is 0 Å². The molecule has 422 valence electrons. The molecule has 2 N–H and O–H groups in total. The lowest BCUT2D eigenvalue weighted by atomic mass is 9.90. The van der Waals surface area contributed by atoms with Gasteiger partial charge in [-0.1, -0.05) is 31.2 Å².